The molecule has 2 rings (SSSR count). The topological polar surface area (TPSA) is 125 Å². The van der Waals surface area contributed by atoms with Gasteiger partial charge in [0, 0.05) is 26.7 Å². The molecule has 0 spiro atoms. The molecule has 0 saturated heterocycles. The summed E-state index contributed by atoms with van der Waals surface area (Å²) in [5.74, 6) is -0.846. The zero-order valence-corrected chi connectivity index (χ0v) is 16.0. The highest BCUT2D eigenvalue weighted by atomic mass is 16.7. The molecule has 0 amide bonds. The van der Waals surface area contributed by atoms with Gasteiger partial charge >= 0.3 is 0 Å². The SMILES string of the molecule is CC1(C)OC(=C(C#N)C#N)C(C#N)=C1c1ccccc1.COC(C)(N)OC. The average molecular weight is 366 g/mol. The second kappa shape index (κ2) is 8.98. The number of rotatable bonds is 3. The van der Waals surface area contributed by atoms with Crippen molar-refractivity contribution in [2.75, 3.05) is 14.2 Å². The van der Waals surface area contributed by atoms with Crippen LogP contribution in [0.5, 0.6) is 0 Å². The summed E-state index contributed by atoms with van der Waals surface area (Å²) in [5.41, 5.74) is 6.12. The molecule has 0 unspecified atom stereocenters. The normalized spacial score (nSPS) is 14.9. The highest BCUT2D eigenvalue weighted by molar-refractivity contribution is 5.84. The molecule has 140 valence electrons. The fraction of sp³-hybridized carbons (Fsp3) is 0.350. The van der Waals surface area contributed by atoms with Crippen molar-refractivity contribution in [3.63, 3.8) is 0 Å². The lowest BCUT2D eigenvalue weighted by molar-refractivity contribution is -0.188. The van der Waals surface area contributed by atoms with E-state index in [0.29, 0.717) is 5.57 Å². The Labute approximate surface area is 159 Å². The third kappa shape index (κ3) is 5.17. The lowest BCUT2D eigenvalue weighted by Gasteiger charge is -2.22. The number of methoxy groups -OCH3 is 2. The molecular formula is C20H22N4O3. The Balaban J connectivity index is 0.000000445. The van der Waals surface area contributed by atoms with Gasteiger partial charge in [-0.3, -0.25) is 5.73 Å². The third-order valence-corrected chi connectivity index (χ3v) is 3.87. The van der Waals surface area contributed by atoms with Gasteiger partial charge in [-0.15, -0.1) is 0 Å². The minimum absolute atomic E-state index is 0.0707. The fourth-order valence-electron chi connectivity index (χ4n) is 2.36. The van der Waals surface area contributed by atoms with E-state index in [1.807, 2.05) is 44.2 Å². The Morgan fingerprint density at radius 3 is 1.96 bits per heavy atom. The maximum Gasteiger partial charge on any atom is 0.221 e. The van der Waals surface area contributed by atoms with E-state index in [1.165, 1.54) is 14.2 Å². The van der Waals surface area contributed by atoms with Crippen molar-refractivity contribution in [1.29, 1.82) is 15.8 Å². The van der Waals surface area contributed by atoms with Crippen molar-refractivity contribution in [2.24, 2.45) is 5.73 Å². The Morgan fingerprint density at radius 1 is 1.07 bits per heavy atom. The molecule has 0 fully saturated rings. The van der Waals surface area contributed by atoms with E-state index < -0.39 is 11.5 Å². The molecule has 7 nitrogen and oxygen atoms in total. The summed E-state index contributed by atoms with van der Waals surface area (Å²) in [4.78, 5) is 0. The van der Waals surface area contributed by atoms with Gasteiger partial charge in [-0.25, -0.2) is 0 Å². The average Bonchev–Trinajstić information content (AvgIpc) is 2.94. The molecule has 1 aliphatic heterocycles. The molecule has 0 saturated carbocycles. The highest BCUT2D eigenvalue weighted by Crippen LogP contribution is 2.44. The monoisotopic (exact) mass is 366 g/mol. The number of ether oxygens (including phenoxy) is 3. The van der Waals surface area contributed by atoms with Gasteiger partial charge in [-0.05, 0) is 19.4 Å². The molecule has 1 aromatic carbocycles. The predicted molar refractivity (Wildman–Crippen MR) is 99.0 cm³/mol. The van der Waals surface area contributed by atoms with Gasteiger partial charge in [0.15, 0.2) is 11.3 Å². The third-order valence-electron chi connectivity index (χ3n) is 3.87. The summed E-state index contributed by atoms with van der Waals surface area (Å²) in [6.07, 6.45) is 0. The molecule has 1 aromatic rings. The molecule has 0 bridgehead atoms. The van der Waals surface area contributed by atoms with Crippen molar-refractivity contribution in [1.82, 2.24) is 0 Å². The number of hydrogen-bond acceptors (Lipinski definition) is 7. The Kier molecular flexibility index (Phi) is 7.28. The quantitative estimate of drug-likeness (QED) is 0.644. The second-order valence-electron chi connectivity index (χ2n) is 6.19. The van der Waals surface area contributed by atoms with Gasteiger partial charge in [-0.1, -0.05) is 30.3 Å². The molecular weight excluding hydrogens is 344 g/mol. The van der Waals surface area contributed by atoms with Gasteiger partial charge in [0.1, 0.15) is 29.4 Å². The minimum Gasteiger partial charge on any atom is -0.480 e. The number of benzene rings is 1. The Bertz CT molecular complexity index is 841. The minimum atomic E-state index is -0.917. The standard InChI is InChI=1S/C16H11N3O.C4H11NO2/c1-16(2)14(11-6-4-3-5-7-11)13(10-19)15(20-16)12(8-17)9-18;1-4(5,6-2)7-3/h3-7H,1-2H3;5H2,1-3H3. The number of nitrogens with two attached hydrogens (primary N) is 1. The molecule has 27 heavy (non-hydrogen) atoms. The Morgan fingerprint density at radius 2 is 1.59 bits per heavy atom. The first-order valence-corrected chi connectivity index (χ1v) is 8.00. The number of hydrogen-bond donors (Lipinski definition) is 1. The van der Waals surface area contributed by atoms with E-state index in [0.717, 1.165) is 5.56 Å². The van der Waals surface area contributed by atoms with E-state index >= 15 is 0 Å². The smallest absolute Gasteiger partial charge is 0.221 e. The molecule has 0 atom stereocenters. The predicted octanol–water partition coefficient (Wildman–Crippen LogP) is 2.99. The lowest BCUT2D eigenvalue weighted by atomic mass is 9.89. The lowest BCUT2D eigenvalue weighted by Crippen LogP contribution is -2.39. The van der Waals surface area contributed by atoms with Crippen molar-refractivity contribution >= 4 is 5.57 Å². The fourth-order valence-corrected chi connectivity index (χ4v) is 2.36. The van der Waals surface area contributed by atoms with Gasteiger partial charge < -0.3 is 14.2 Å². The summed E-state index contributed by atoms with van der Waals surface area (Å²) in [6, 6.07) is 15.0. The first kappa shape index (κ1) is 21.9. The van der Waals surface area contributed by atoms with Gasteiger partial charge in [-0.2, -0.15) is 15.8 Å². The van der Waals surface area contributed by atoms with Crippen LogP contribution in [0.4, 0.5) is 0 Å². The zero-order valence-electron chi connectivity index (χ0n) is 16.0. The van der Waals surface area contributed by atoms with Crippen LogP contribution < -0.4 is 5.73 Å². The molecule has 0 radical (unpaired) electrons. The van der Waals surface area contributed by atoms with E-state index in [1.54, 1.807) is 19.1 Å². The summed E-state index contributed by atoms with van der Waals surface area (Å²) in [6.45, 7) is 5.26. The highest BCUT2D eigenvalue weighted by Gasteiger charge is 2.40. The van der Waals surface area contributed by atoms with Crippen LogP contribution >= 0.6 is 0 Å². The molecule has 1 heterocycles. The van der Waals surface area contributed by atoms with Crippen LogP contribution in [-0.2, 0) is 14.2 Å². The maximum atomic E-state index is 9.40. The Hall–Kier alpha value is -3.15. The van der Waals surface area contributed by atoms with Crippen molar-refractivity contribution in [3.8, 4) is 18.2 Å². The molecule has 1 aliphatic rings. The van der Waals surface area contributed by atoms with Gasteiger partial charge in [0.2, 0.25) is 5.91 Å². The van der Waals surface area contributed by atoms with Crippen molar-refractivity contribution < 1.29 is 14.2 Å². The molecule has 7 heteroatoms. The molecule has 0 aliphatic carbocycles. The van der Waals surface area contributed by atoms with Crippen LogP contribution in [0, 0.1) is 34.0 Å². The molecule has 2 N–H and O–H groups in total. The van der Waals surface area contributed by atoms with Crippen LogP contribution in [0.3, 0.4) is 0 Å². The number of nitriles is 3. The van der Waals surface area contributed by atoms with E-state index in [4.69, 9.17) is 21.0 Å². The molecule has 0 aromatic heterocycles. The summed E-state index contributed by atoms with van der Waals surface area (Å²) in [5, 5.41) is 27.4. The van der Waals surface area contributed by atoms with Gasteiger partial charge in [0.05, 0.1) is 0 Å². The maximum absolute atomic E-state index is 9.40. The first-order valence-electron chi connectivity index (χ1n) is 8.00. The van der Waals surface area contributed by atoms with Crippen LogP contribution in [0.2, 0.25) is 0 Å². The summed E-state index contributed by atoms with van der Waals surface area (Å²) < 4.78 is 15.0. The largest absolute Gasteiger partial charge is 0.480 e. The number of allylic oxidation sites excluding steroid dienone is 2. The van der Waals surface area contributed by atoms with Gasteiger partial charge in [0.25, 0.3) is 0 Å². The van der Waals surface area contributed by atoms with Crippen LogP contribution in [-0.4, -0.2) is 25.7 Å². The summed E-state index contributed by atoms with van der Waals surface area (Å²) in [7, 11) is 2.98. The van der Waals surface area contributed by atoms with Crippen LogP contribution in [0.15, 0.2) is 47.2 Å². The van der Waals surface area contributed by atoms with Crippen LogP contribution in [0.1, 0.15) is 26.3 Å². The van der Waals surface area contributed by atoms with Crippen molar-refractivity contribution in [3.05, 3.63) is 52.8 Å². The van der Waals surface area contributed by atoms with E-state index in [2.05, 4.69) is 15.5 Å². The first-order chi connectivity index (χ1) is 12.7. The zero-order chi connectivity index (χ0) is 20.7. The summed E-state index contributed by atoms with van der Waals surface area (Å²) >= 11 is 0. The number of nitrogens with zero attached hydrogens (tertiary/aromatic N) is 3. The second-order valence-corrected chi connectivity index (χ2v) is 6.19. The van der Waals surface area contributed by atoms with E-state index in [-0.39, 0.29) is 16.9 Å². The van der Waals surface area contributed by atoms with E-state index in [9.17, 15) is 5.26 Å². The van der Waals surface area contributed by atoms with Crippen molar-refractivity contribution in [2.45, 2.75) is 32.3 Å². The van der Waals surface area contributed by atoms with Crippen LogP contribution in [0.25, 0.3) is 5.57 Å².